The van der Waals surface area contributed by atoms with E-state index in [1.807, 2.05) is 0 Å². The Morgan fingerprint density at radius 2 is 1.83 bits per heavy atom. The van der Waals surface area contributed by atoms with Gasteiger partial charge < -0.3 is 24.3 Å². The molecule has 180 valence electrons. The Morgan fingerprint density at radius 1 is 1.11 bits per heavy atom. The fourth-order valence-electron chi connectivity index (χ4n) is 3.84. The zero-order valence-electron chi connectivity index (χ0n) is 19.3. The van der Waals surface area contributed by atoms with Crippen LogP contribution in [0.15, 0.2) is 54.6 Å². The van der Waals surface area contributed by atoms with Crippen LogP contribution in [-0.2, 0) is 11.3 Å². The van der Waals surface area contributed by atoms with Crippen molar-refractivity contribution in [1.82, 2.24) is 9.55 Å². The van der Waals surface area contributed by atoms with Gasteiger partial charge in [-0.25, -0.2) is 9.18 Å². The first kappa shape index (κ1) is 23.7. The molecular formula is C26H23FN2O6. The van der Waals surface area contributed by atoms with Crippen LogP contribution in [0.1, 0.15) is 34.1 Å². The monoisotopic (exact) mass is 478 g/mol. The SMILES string of the molecule is COc1ccc2c(C(=O)c3ccc(O)cc3)c(C)n(Cc3cc(OC(C)C(=O)O)ccc3F)c2n1. The molecule has 0 amide bonds. The summed E-state index contributed by atoms with van der Waals surface area (Å²) in [7, 11) is 1.47. The molecule has 2 aromatic heterocycles. The van der Waals surface area contributed by atoms with Crippen LogP contribution in [0.25, 0.3) is 11.0 Å². The number of ketones is 1. The number of aliphatic carboxylic acids is 1. The van der Waals surface area contributed by atoms with E-state index in [0.717, 1.165) is 0 Å². The number of aromatic hydroxyl groups is 1. The second-order valence-electron chi connectivity index (χ2n) is 8.00. The molecular weight excluding hydrogens is 455 g/mol. The van der Waals surface area contributed by atoms with Gasteiger partial charge in [-0.1, -0.05) is 0 Å². The summed E-state index contributed by atoms with van der Waals surface area (Å²) in [5.74, 6) is -1.36. The molecule has 0 saturated carbocycles. The molecule has 0 saturated heterocycles. The van der Waals surface area contributed by atoms with Crippen molar-refractivity contribution in [2.24, 2.45) is 0 Å². The van der Waals surface area contributed by atoms with Gasteiger partial charge in [0.25, 0.3) is 0 Å². The van der Waals surface area contributed by atoms with Crippen molar-refractivity contribution in [1.29, 1.82) is 0 Å². The van der Waals surface area contributed by atoms with E-state index in [1.54, 1.807) is 23.6 Å². The number of ether oxygens (including phenoxy) is 2. The summed E-state index contributed by atoms with van der Waals surface area (Å²) >= 11 is 0. The number of hydrogen-bond acceptors (Lipinski definition) is 6. The number of methoxy groups -OCH3 is 1. The predicted molar refractivity (Wildman–Crippen MR) is 126 cm³/mol. The number of fused-ring (bicyclic) bond motifs is 1. The molecule has 0 aliphatic heterocycles. The summed E-state index contributed by atoms with van der Waals surface area (Å²) in [6.45, 7) is 3.13. The molecule has 8 nitrogen and oxygen atoms in total. The zero-order chi connectivity index (χ0) is 25.3. The summed E-state index contributed by atoms with van der Waals surface area (Å²) in [5, 5.41) is 19.2. The number of aromatic nitrogens is 2. The third kappa shape index (κ3) is 4.65. The number of hydrogen-bond donors (Lipinski definition) is 2. The van der Waals surface area contributed by atoms with Gasteiger partial charge in [0.05, 0.1) is 19.2 Å². The first-order valence-corrected chi connectivity index (χ1v) is 10.7. The Balaban J connectivity index is 1.82. The summed E-state index contributed by atoms with van der Waals surface area (Å²) in [6.07, 6.45) is -1.11. The Hall–Kier alpha value is -4.40. The standard InChI is InChI=1S/C26H23FN2O6/c1-14-23(24(31)16-4-6-18(30)7-5-16)20-9-11-22(34-3)28-25(20)29(14)13-17-12-19(8-10-21(17)27)35-15(2)26(32)33/h4-12,15,30H,13H2,1-3H3,(H,32,33). The summed E-state index contributed by atoms with van der Waals surface area (Å²) in [4.78, 5) is 29.0. The number of rotatable bonds is 8. The minimum absolute atomic E-state index is 0.00977. The van der Waals surface area contributed by atoms with Crippen LogP contribution in [0.2, 0.25) is 0 Å². The van der Waals surface area contributed by atoms with E-state index < -0.39 is 17.9 Å². The Morgan fingerprint density at radius 3 is 2.49 bits per heavy atom. The average Bonchev–Trinajstić information content (AvgIpc) is 3.11. The predicted octanol–water partition coefficient (Wildman–Crippen LogP) is 4.33. The maximum atomic E-state index is 14.8. The fraction of sp³-hybridized carbons (Fsp3) is 0.192. The van der Waals surface area contributed by atoms with E-state index in [4.69, 9.17) is 14.6 Å². The van der Waals surface area contributed by atoms with E-state index in [1.165, 1.54) is 56.5 Å². The summed E-state index contributed by atoms with van der Waals surface area (Å²) < 4.78 is 27.1. The van der Waals surface area contributed by atoms with Gasteiger partial charge in [-0.05, 0) is 62.4 Å². The number of carbonyl (C=O) groups excluding carboxylic acids is 1. The molecule has 1 unspecified atom stereocenters. The molecule has 2 heterocycles. The van der Waals surface area contributed by atoms with Gasteiger partial charge in [0, 0.05) is 28.3 Å². The minimum Gasteiger partial charge on any atom is -0.508 e. The number of benzene rings is 2. The highest BCUT2D eigenvalue weighted by molar-refractivity contribution is 6.17. The van der Waals surface area contributed by atoms with Gasteiger partial charge in [0.1, 0.15) is 23.0 Å². The van der Waals surface area contributed by atoms with Crippen molar-refractivity contribution in [3.8, 4) is 17.4 Å². The van der Waals surface area contributed by atoms with Crippen LogP contribution >= 0.6 is 0 Å². The molecule has 0 spiro atoms. The fourth-order valence-corrected chi connectivity index (χ4v) is 3.84. The third-order valence-corrected chi connectivity index (χ3v) is 5.71. The summed E-state index contributed by atoms with van der Waals surface area (Å²) in [6, 6.07) is 13.3. The molecule has 0 aliphatic carbocycles. The second kappa shape index (κ2) is 9.46. The first-order chi connectivity index (χ1) is 16.7. The molecule has 0 radical (unpaired) electrons. The highest BCUT2D eigenvalue weighted by Crippen LogP contribution is 2.31. The van der Waals surface area contributed by atoms with Gasteiger partial charge in [-0.15, -0.1) is 0 Å². The molecule has 2 aromatic carbocycles. The van der Waals surface area contributed by atoms with E-state index in [-0.39, 0.29) is 29.4 Å². The van der Waals surface area contributed by atoms with Crippen LogP contribution in [0, 0.1) is 12.7 Å². The summed E-state index contributed by atoms with van der Waals surface area (Å²) in [5.41, 5.74) is 1.99. The molecule has 0 bridgehead atoms. The second-order valence-corrected chi connectivity index (χ2v) is 8.00. The Kier molecular flexibility index (Phi) is 6.42. The highest BCUT2D eigenvalue weighted by Gasteiger charge is 2.24. The molecule has 0 aliphatic rings. The van der Waals surface area contributed by atoms with E-state index >= 15 is 0 Å². The van der Waals surface area contributed by atoms with Crippen molar-refractivity contribution in [3.05, 3.63) is 82.8 Å². The lowest BCUT2D eigenvalue weighted by molar-refractivity contribution is -0.144. The van der Waals surface area contributed by atoms with Crippen molar-refractivity contribution in [3.63, 3.8) is 0 Å². The normalized spacial score (nSPS) is 11.9. The van der Waals surface area contributed by atoms with Crippen molar-refractivity contribution in [2.45, 2.75) is 26.5 Å². The first-order valence-electron chi connectivity index (χ1n) is 10.7. The minimum atomic E-state index is -1.14. The maximum absolute atomic E-state index is 14.8. The van der Waals surface area contributed by atoms with Gasteiger partial charge >= 0.3 is 5.97 Å². The Bertz CT molecular complexity index is 1430. The molecule has 35 heavy (non-hydrogen) atoms. The highest BCUT2D eigenvalue weighted by atomic mass is 19.1. The topological polar surface area (TPSA) is 111 Å². The van der Waals surface area contributed by atoms with Crippen LogP contribution in [0.5, 0.6) is 17.4 Å². The largest absolute Gasteiger partial charge is 0.508 e. The lowest BCUT2D eigenvalue weighted by Crippen LogP contribution is -2.23. The average molecular weight is 478 g/mol. The smallest absolute Gasteiger partial charge is 0.344 e. The lowest BCUT2D eigenvalue weighted by atomic mass is 10.0. The maximum Gasteiger partial charge on any atom is 0.344 e. The van der Waals surface area contributed by atoms with Crippen LogP contribution in [-0.4, -0.2) is 44.7 Å². The molecule has 9 heteroatoms. The number of pyridine rings is 1. The number of nitrogens with zero attached hydrogens (tertiary/aromatic N) is 2. The van der Waals surface area contributed by atoms with Crippen molar-refractivity contribution >= 4 is 22.8 Å². The van der Waals surface area contributed by atoms with Gasteiger partial charge in [0.15, 0.2) is 11.9 Å². The number of carboxylic acid groups (broad SMARTS) is 1. The van der Waals surface area contributed by atoms with E-state index in [2.05, 4.69) is 4.98 Å². The number of carbonyl (C=O) groups is 2. The number of phenols is 1. The van der Waals surface area contributed by atoms with Crippen molar-refractivity contribution < 1.29 is 33.7 Å². The molecule has 2 N–H and O–H groups in total. The van der Waals surface area contributed by atoms with Crippen LogP contribution in [0.4, 0.5) is 4.39 Å². The van der Waals surface area contributed by atoms with Crippen LogP contribution < -0.4 is 9.47 Å². The van der Waals surface area contributed by atoms with Gasteiger partial charge in [-0.3, -0.25) is 4.79 Å². The number of halogens is 1. The molecule has 4 aromatic rings. The van der Waals surface area contributed by atoms with Crippen LogP contribution in [0.3, 0.4) is 0 Å². The number of phenolic OH excluding ortho intramolecular Hbond substituents is 1. The number of carboxylic acids is 1. The Labute approximate surface area is 200 Å². The quantitative estimate of drug-likeness (QED) is 0.363. The lowest BCUT2D eigenvalue weighted by Gasteiger charge is -2.14. The third-order valence-electron chi connectivity index (χ3n) is 5.71. The van der Waals surface area contributed by atoms with E-state index in [9.17, 15) is 19.1 Å². The van der Waals surface area contributed by atoms with Gasteiger partial charge in [0.2, 0.25) is 5.88 Å². The zero-order valence-corrected chi connectivity index (χ0v) is 19.3. The van der Waals surface area contributed by atoms with Gasteiger partial charge in [-0.2, -0.15) is 4.98 Å². The van der Waals surface area contributed by atoms with Crippen molar-refractivity contribution in [2.75, 3.05) is 7.11 Å². The molecule has 0 fully saturated rings. The molecule has 4 rings (SSSR count). The van der Waals surface area contributed by atoms with E-state index in [0.29, 0.717) is 33.7 Å². The molecule has 1 atom stereocenters.